The molecule has 2 rings (SSSR count). The lowest BCUT2D eigenvalue weighted by Crippen LogP contribution is -2.00. The largest absolute Gasteiger partial charge is 0.489 e. The second-order valence-corrected chi connectivity index (χ2v) is 5.03. The van der Waals surface area contributed by atoms with Crippen molar-refractivity contribution in [2.24, 2.45) is 0 Å². The van der Waals surface area contributed by atoms with E-state index >= 15 is 0 Å². The number of aliphatic hydroxyl groups excluding tert-OH is 1. The molecule has 0 spiro atoms. The first kappa shape index (κ1) is 12.7. The van der Waals surface area contributed by atoms with E-state index in [1.807, 2.05) is 6.92 Å². The Morgan fingerprint density at radius 1 is 1.29 bits per heavy atom. The van der Waals surface area contributed by atoms with Crippen molar-refractivity contribution in [1.29, 1.82) is 0 Å². The number of fused-ring (bicyclic) bond motifs is 1. The van der Waals surface area contributed by atoms with Crippen LogP contribution in [0, 0.1) is 6.92 Å². The summed E-state index contributed by atoms with van der Waals surface area (Å²) in [5.74, 6) is 1.66. The molecular weight excluding hydrogens is 284 g/mol. The summed E-state index contributed by atoms with van der Waals surface area (Å²) in [6, 6.07) is 2.07. The molecule has 94 valence electrons. The van der Waals surface area contributed by atoms with E-state index in [2.05, 4.69) is 22.0 Å². The third kappa shape index (κ3) is 2.75. The van der Waals surface area contributed by atoms with Gasteiger partial charge in [0.25, 0.3) is 0 Å². The lowest BCUT2D eigenvalue weighted by Gasteiger charge is -2.15. The maximum atomic E-state index is 8.90. The fraction of sp³-hybridized carbons (Fsp3) is 0.538. The Bertz CT molecular complexity index is 404. The van der Waals surface area contributed by atoms with Crippen LogP contribution >= 0.6 is 15.9 Å². The second-order valence-electron chi connectivity index (χ2n) is 4.18. The van der Waals surface area contributed by atoms with Gasteiger partial charge in [0.2, 0.25) is 0 Å². The van der Waals surface area contributed by atoms with E-state index in [9.17, 15) is 0 Å². The number of aliphatic hydroxyl groups is 1. The minimum atomic E-state index is 0.214. The molecule has 0 saturated carbocycles. The van der Waals surface area contributed by atoms with Crippen molar-refractivity contribution >= 4 is 15.9 Å². The zero-order valence-corrected chi connectivity index (χ0v) is 11.5. The molecule has 0 bridgehead atoms. The Kier molecular flexibility index (Phi) is 4.29. The molecule has 0 amide bonds. The molecule has 4 heteroatoms. The summed E-state index contributed by atoms with van der Waals surface area (Å²) in [4.78, 5) is 0. The van der Waals surface area contributed by atoms with Gasteiger partial charge in [-0.25, -0.2) is 0 Å². The molecule has 0 atom stereocenters. The molecule has 1 aromatic carbocycles. The van der Waals surface area contributed by atoms with Crippen LogP contribution in [0.25, 0.3) is 0 Å². The molecule has 17 heavy (non-hydrogen) atoms. The molecule has 0 fully saturated rings. The van der Waals surface area contributed by atoms with E-state index in [4.69, 9.17) is 14.6 Å². The number of hydrogen-bond donors (Lipinski definition) is 1. The first-order valence-corrected chi connectivity index (χ1v) is 6.71. The topological polar surface area (TPSA) is 38.7 Å². The molecule has 0 unspecified atom stereocenters. The molecule has 1 aliphatic heterocycles. The minimum Gasteiger partial charge on any atom is -0.489 e. The van der Waals surface area contributed by atoms with Gasteiger partial charge in [0.1, 0.15) is 0 Å². The Morgan fingerprint density at radius 2 is 2.00 bits per heavy atom. The third-order valence-corrected chi connectivity index (χ3v) is 3.52. The molecule has 1 heterocycles. The van der Waals surface area contributed by atoms with Crippen LogP contribution in [-0.2, 0) is 6.42 Å². The summed E-state index contributed by atoms with van der Waals surface area (Å²) in [6.07, 6.45) is 2.54. The van der Waals surface area contributed by atoms with Crippen molar-refractivity contribution in [3.63, 3.8) is 0 Å². The highest BCUT2D eigenvalue weighted by molar-refractivity contribution is 9.10. The summed E-state index contributed by atoms with van der Waals surface area (Å²) >= 11 is 3.53. The van der Waals surface area contributed by atoms with Gasteiger partial charge in [-0.1, -0.05) is 0 Å². The molecule has 0 aromatic heterocycles. The van der Waals surface area contributed by atoms with Crippen LogP contribution in [0.1, 0.15) is 24.0 Å². The van der Waals surface area contributed by atoms with Gasteiger partial charge >= 0.3 is 0 Å². The van der Waals surface area contributed by atoms with E-state index < -0.39 is 0 Å². The van der Waals surface area contributed by atoms with Crippen molar-refractivity contribution in [1.82, 2.24) is 0 Å². The van der Waals surface area contributed by atoms with Crippen molar-refractivity contribution in [2.75, 3.05) is 19.8 Å². The van der Waals surface area contributed by atoms with Crippen LogP contribution in [0.2, 0.25) is 0 Å². The standard InChI is InChI=1S/C13H17BrO3/c1-9-10(4-2-5-15)8-11(14)13-12(9)16-6-3-7-17-13/h8,15H,2-7H2,1H3. The molecule has 1 aliphatic rings. The highest BCUT2D eigenvalue weighted by Crippen LogP contribution is 2.41. The Morgan fingerprint density at radius 3 is 2.71 bits per heavy atom. The normalized spacial score (nSPS) is 14.5. The van der Waals surface area contributed by atoms with Gasteiger partial charge in [-0.2, -0.15) is 0 Å². The number of rotatable bonds is 3. The molecule has 0 aliphatic carbocycles. The van der Waals surface area contributed by atoms with Crippen molar-refractivity contribution in [3.8, 4) is 11.5 Å². The summed E-state index contributed by atoms with van der Waals surface area (Å²) in [6.45, 7) is 3.66. The average Bonchev–Trinajstić information content (AvgIpc) is 2.58. The molecule has 0 radical (unpaired) electrons. The predicted octanol–water partition coefficient (Wildman–Crippen LogP) is 2.84. The van der Waals surface area contributed by atoms with Crippen molar-refractivity contribution < 1.29 is 14.6 Å². The highest BCUT2D eigenvalue weighted by Gasteiger charge is 2.19. The number of hydrogen-bond acceptors (Lipinski definition) is 3. The average molecular weight is 301 g/mol. The van der Waals surface area contributed by atoms with Gasteiger partial charge in [-0.05, 0) is 52.9 Å². The fourth-order valence-electron chi connectivity index (χ4n) is 2.00. The Labute approximate surface area is 110 Å². The van der Waals surface area contributed by atoms with E-state index in [1.54, 1.807) is 0 Å². The SMILES string of the molecule is Cc1c(CCCO)cc(Br)c2c1OCCCO2. The van der Waals surface area contributed by atoms with Crippen LogP contribution in [0.3, 0.4) is 0 Å². The summed E-state index contributed by atoms with van der Waals surface area (Å²) in [5.41, 5.74) is 2.33. The van der Waals surface area contributed by atoms with Crippen molar-refractivity contribution in [3.05, 3.63) is 21.7 Å². The van der Waals surface area contributed by atoms with Gasteiger partial charge in [0, 0.05) is 13.0 Å². The van der Waals surface area contributed by atoms with Gasteiger partial charge in [0.15, 0.2) is 11.5 Å². The number of halogens is 1. The Hall–Kier alpha value is -0.740. The molecule has 1 aromatic rings. The van der Waals surface area contributed by atoms with Gasteiger partial charge in [-0.3, -0.25) is 0 Å². The quantitative estimate of drug-likeness (QED) is 0.933. The first-order valence-electron chi connectivity index (χ1n) is 5.92. The molecule has 1 N–H and O–H groups in total. The predicted molar refractivity (Wildman–Crippen MR) is 69.9 cm³/mol. The van der Waals surface area contributed by atoms with E-state index in [0.717, 1.165) is 40.8 Å². The summed E-state index contributed by atoms with van der Waals surface area (Å²) in [7, 11) is 0. The van der Waals surface area contributed by atoms with Crippen LogP contribution in [-0.4, -0.2) is 24.9 Å². The zero-order chi connectivity index (χ0) is 12.3. The minimum absolute atomic E-state index is 0.214. The number of benzene rings is 1. The fourth-order valence-corrected chi connectivity index (χ4v) is 2.57. The summed E-state index contributed by atoms with van der Waals surface area (Å²) < 4.78 is 12.4. The maximum absolute atomic E-state index is 8.90. The van der Waals surface area contributed by atoms with E-state index in [0.29, 0.717) is 13.2 Å². The van der Waals surface area contributed by atoms with Crippen LogP contribution in [0.5, 0.6) is 11.5 Å². The summed E-state index contributed by atoms with van der Waals surface area (Å²) in [5, 5.41) is 8.90. The van der Waals surface area contributed by atoms with Crippen LogP contribution < -0.4 is 9.47 Å². The van der Waals surface area contributed by atoms with E-state index in [-0.39, 0.29) is 6.61 Å². The van der Waals surface area contributed by atoms with E-state index in [1.165, 1.54) is 5.56 Å². The molecule has 3 nitrogen and oxygen atoms in total. The lowest BCUT2D eigenvalue weighted by molar-refractivity contribution is 0.288. The monoisotopic (exact) mass is 300 g/mol. The van der Waals surface area contributed by atoms with Gasteiger partial charge in [0.05, 0.1) is 17.7 Å². The van der Waals surface area contributed by atoms with Gasteiger partial charge in [-0.15, -0.1) is 0 Å². The number of ether oxygens (including phenoxy) is 2. The van der Waals surface area contributed by atoms with Crippen molar-refractivity contribution in [2.45, 2.75) is 26.2 Å². The highest BCUT2D eigenvalue weighted by atomic mass is 79.9. The molecular formula is C13H17BrO3. The van der Waals surface area contributed by atoms with Crippen LogP contribution in [0.15, 0.2) is 10.5 Å². The second kappa shape index (κ2) is 5.74. The molecule has 0 saturated heterocycles. The Balaban J connectivity index is 2.38. The van der Waals surface area contributed by atoms with Crippen LogP contribution in [0.4, 0.5) is 0 Å². The van der Waals surface area contributed by atoms with Gasteiger partial charge < -0.3 is 14.6 Å². The maximum Gasteiger partial charge on any atom is 0.175 e. The lowest BCUT2D eigenvalue weighted by atomic mass is 10.0. The first-order chi connectivity index (χ1) is 8.24. The zero-order valence-electron chi connectivity index (χ0n) is 9.96. The third-order valence-electron chi connectivity index (χ3n) is 2.93. The smallest absolute Gasteiger partial charge is 0.175 e. The number of aryl methyl sites for hydroxylation is 1.